The highest BCUT2D eigenvalue weighted by atomic mass is 14.2. The molecule has 0 aromatic heterocycles. The lowest BCUT2D eigenvalue weighted by molar-refractivity contribution is 1.21. The zero-order valence-electron chi connectivity index (χ0n) is 16.5. The average Bonchev–Trinajstić information content (AvgIpc) is 3.10. The molecule has 0 atom stereocenters. The Bertz CT molecular complexity index is 826. The monoisotopic (exact) mass is 342 g/mol. The third-order valence-electron chi connectivity index (χ3n) is 4.32. The molecule has 1 aliphatic rings. The normalized spacial score (nSPS) is 10.9. The molecular weight excluding hydrogens is 312 g/mol. The van der Waals surface area contributed by atoms with Gasteiger partial charge in [0.2, 0.25) is 0 Å². The van der Waals surface area contributed by atoms with Gasteiger partial charge in [-0.25, -0.2) is 0 Å². The Hall–Kier alpha value is -2.60. The van der Waals surface area contributed by atoms with Crippen molar-refractivity contribution in [3.8, 4) is 11.1 Å². The van der Waals surface area contributed by atoms with E-state index in [9.17, 15) is 0 Å². The molecule has 0 heteroatoms. The summed E-state index contributed by atoms with van der Waals surface area (Å²) in [5.41, 5.74) is 8.38. The Morgan fingerprint density at radius 1 is 0.692 bits per heavy atom. The van der Waals surface area contributed by atoms with E-state index in [1.54, 1.807) is 0 Å². The third kappa shape index (κ3) is 4.73. The number of hydrogen-bond acceptors (Lipinski definition) is 0. The maximum Gasteiger partial charge on any atom is -0.00134 e. The highest BCUT2D eigenvalue weighted by Crippen LogP contribution is 2.36. The molecule has 0 heterocycles. The Morgan fingerprint density at radius 2 is 1.35 bits per heavy atom. The second-order valence-corrected chi connectivity index (χ2v) is 5.84. The molecule has 0 unspecified atom stereocenters. The van der Waals surface area contributed by atoms with Crippen LogP contribution in [-0.4, -0.2) is 0 Å². The molecule has 0 saturated carbocycles. The zero-order valence-corrected chi connectivity index (χ0v) is 16.5. The van der Waals surface area contributed by atoms with Crippen LogP contribution in [0.5, 0.6) is 0 Å². The summed E-state index contributed by atoms with van der Waals surface area (Å²) in [5.74, 6) is 0. The number of hydrogen-bond donors (Lipinski definition) is 0. The highest BCUT2D eigenvalue weighted by molar-refractivity contribution is 5.77. The molecule has 0 bridgehead atoms. The van der Waals surface area contributed by atoms with Crippen LogP contribution in [0.3, 0.4) is 0 Å². The molecule has 3 aromatic rings. The lowest BCUT2D eigenvalue weighted by Gasteiger charge is -2.03. The van der Waals surface area contributed by atoms with Crippen LogP contribution < -0.4 is 0 Å². The summed E-state index contributed by atoms with van der Waals surface area (Å²) in [6, 6.07) is 26.1. The molecule has 26 heavy (non-hydrogen) atoms. The molecule has 1 aliphatic carbocycles. The minimum atomic E-state index is 0.985. The summed E-state index contributed by atoms with van der Waals surface area (Å²) in [6.45, 7) is 8.00. The highest BCUT2D eigenvalue weighted by Gasteiger charge is 2.17. The van der Waals surface area contributed by atoms with Crippen molar-refractivity contribution < 1.29 is 0 Å². The van der Waals surface area contributed by atoms with E-state index in [-0.39, 0.29) is 0 Å². The van der Waals surface area contributed by atoms with Crippen molar-refractivity contribution in [2.75, 3.05) is 0 Å². The van der Waals surface area contributed by atoms with Gasteiger partial charge in [-0.15, -0.1) is 0 Å². The number of benzene rings is 3. The van der Waals surface area contributed by atoms with Crippen molar-refractivity contribution in [1.29, 1.82) is 0 Å². The first-order valence-electron chi connectivity index (χ1n) is 9.82. The van der Waals surface area contributed by atoms with Crippen molar-refractivity contribution in [3.63, 3.8) is 0 Å². The van der Waals surface area contributed by atoms with E-state index in [4.69, 9.17) is 0 Å². The Kier molecular flexibility index (Phi) is 7.89. The molecule has 0 nitrogen and oxygen atoms in total. The standard InChI is InChI=1S/C22H18.2C2H6/c1-2-7-17(8-3-1)9-6-10-18-13-14-22-20(15-18)16-19-11-4-5-12-21(19)22;2*1-2/h1-9,11-15H,10,16H2;2*1-2H3/b9-6+;;. The van der Waals surface area contributed by atoms with Gasteiger partial charge in [0.05, 0.1) is 0 Å². The lowest BCUT2D eigenvalue weighted by atomic mass is 10.0. The first kappa shape index (κ1) is 19.7. The van der Waals surface area contributed by atoms with Gasteiger partial charge in [-0.05, 0) is 46.2 Å². The van der Waals surface area contributed by atoms with Crippen molar-refractivity contribution in [2.45, 2.75) is 40.5 Å². The van der Waals surface area contributed by atoms with Crippen molar-refractivity contribution in [2.24, 2.45) is 0 Å². The van der Waals surface area contributed by atoms with Gasteiger partial charge in [-0.2, -0.15) is 0 Å². The molecule has 0 N–H and O–H groups in total. The summed E-state index contributed by atoms with van der Waals surface area (Å²) in [6.07, 6.45) is 6.50. The number of rotatable bonds is 3. The van der Waals surface area contributed by atoms with Gasteiger partial charge < -0.3 is 0 Å². The maximum atomic E-state index is 2.37. The van der Waals surface area contributed by atoms with E-state index in [1.165, 1.54) is 33.4 Å². The van der Waals surface area contributed by atoms with E-state index in [0.29, 0.717) is 0 Å². The van der Waals surface area contributed by atoms with E-state index in [1.807, 2.05) is 27.7 Å². The summed E-state index contributed by atoms with van der Waals surface area (Å²) in [5, 5.41) is 0. The van der Waals surface area contributed by atoms with Crippen LogP contribution >= 0.6 is 0 Å². The fourth-order valence-electron chi connectivity index (χ4n) is 3.22. The predicted octanol–water partition coefficient (Wildman–Crippen LogP) is 7.57. The second-order valence-electron chi connectivity index (χ2n) is 5.84. The summed E-state index contributed by atoms with van der Waals surface area (Å²) in [7, 11) is 0. The minimum Gasteiger partial charge on any atom is -0.0795 e. The van der Waals surface area contributed by atoms with E-state index < -0.39 is 0 Å². The topological polar surface area (TPSA) is 0 Å². The fourth-order valence-corrected chi connectivity index (χ4v) is 3.22. The maximum absolute atomic E-state index is 2.37. The minimum absolute atomic E-state index is 0.985. The smallest absolute Gasteiger partial charge is 0.00134 e. The van der Waals surface area contributed by atoms with Gasteiger partial charge in [0.25, 0.3) is 0 Å². The van der Waals surface area contributed by atoms with Gasteiger partial charge in [0.1, 0.15) is 0 Å². The lowest BCUT2D eigenvalue weighted by Crippen LogP contribution is -1.86. The molecule has 0 aliphatic heterocycles. The number of fused-ring (bicyclic) bond motifs is 3. The zero-order chi connectivity index (χ0) is 18.8. The molecule has 0 radical (unpaired) electrons. The van der Waals surface area contributed by atoms with Crippen LogP contribution in [0.1, 0.15) is 49.9 Å². The fraction of sp³-hybridized carbons (Fsp3) is 0.231. The number of allylic oxidation sites excluding steroid dienone is 1. The first-order chi connectivity index (χ1) is 12.9. The van der Waals surface area contributed by atoms with Gasteiger partial charge >= 0.3 is 0 Å². The predicted molar refractivity (Wildman–Crippen MR) is 117 cm³/mol. The van der Waals surface area contributed by atoms with Crippen LogP contribution in [0.2, 0.25) is 0 Å². The molecular formula is C26H30. The molecule has 0 saturated heterocycles. The van der Waals surface area contributed by atoms with Gasteiger partial charge in [-0.1, -0.05) is 113 Å². The van der Waals surface area contributed by atoms with Gasteiger partial charge in [0.15, 0.2) is 0 Å². The van der Waals surface area contributed by atoms with E-state index in [0.717, 1.165) is 12.8 Å². The van der Waals surface area contributed by atoms with Crippen LogP contribution in [0.4, 0.5) is 0 Å². The summed E-state index contributed by atoms with van der Waals surface area (Å²) >= 11 is 0. The van der Waals surface area contributed by atoms with Crippen LogP contribution in [0, 0.1) is 0 Å². The molecule has 4 rings (SSSR count). The van der Waals surface area contributed by atoms with Crippen LogP contribution in [0.25, 0.3) is 17.2 Å². The first-order valence-corrected chi connectivity index (χ1v) is 9.82. The third-order valence-corrected chi connectivity index (χ3v) is 4.32. The van der Waals surface area contributed by atoms with Gasteiger partial charge in [0, 0.05) is 0 Å². The van der Waals surface area contributed by atoms with E-state index in [2.05, 4.69) is 84.9 Å². The Balaban J connectivity index is 0.000000570. The van der Waals surface area contributed by atoms with Crippen molar-refractivity contribution in [1.82, 2.24) is 0 Å². The Morgan fingerprint density at radius 3 is 2.12 bits per heavy atom. The van der Waals surface area contributed by atoms with E-state index >= 15 is 0 Å². The molecule has 3 aromatic carbocycles. The van der Waals surface area contributed by atoms with Gasteiger partial charge in [-0.3, -0.25) is 0 Å². The summed E-state index contributed by atoms with van der Waals surface area (Å²) in [4.78, 5) is 0. The van der Waals surface area contributed by atoms with Crippen molar-refractivity contribution >= 4 is 6.08 Å². The molecule has 0 spiro atoms. The molecule has 0 amide bonds. The van der Waals surface area contributed by atoms with Crippen molar-refractivity contribution in [3.05, 3.63) is 101 Å². The largest absolute Gasteiger partial charge is 0.0795 e. The van der Waals surface area contributed by atoms with Crippen LogP contribution in [-0.2, 0) is 12.8 Å². The summed E-state index contributed by atoms with van der Waals surface area (Å²) < 4.78 is 0. The second kappa shape index (κ2) is 10.4. The average molecular weight is 343 g/mol. The molecule has 0 fully saturated rings. The van der Waals surface area contributed by atoms with Crippen LogP contribution in [0.15, 0.2) is 78.9 Å². The quantitative estimate of drug-likeness (QED) is 0.360. The SMILES string of the molecule is C(=C\c1ccccc1)/Cc1ccc2c(c1)Cc1ccccc1-2.CC.CC. The Labute approximate surface area is 159 Å². The molecule has 134 valence electrons.